The summed E-state index contributed by atoms with van der Waals surface area (Å²) in [6.45, 7) is 3.52. The molecule has 4 rings (SSSR count). The fourth-order valence-corrected chi connectivity index (χ4v) is 4.28. The van der Waals surface area contributed by atoms with Crippen molar-refractivity contribution in [2.24, 2.45) is 5.41 Å². The second kappa shape index (κ2) is 7.83. The number of piperidine rings is 1. The van der Waals surface area contributed by atoms with E-state index in [0.717, 1.165) is 43.7 Å². The molecule has 2 fully saturated rings. The molecule has 3 heterocycles. The third kappa shape index (κ3) is 3.58. The lowest BCUT2D eigenvalue weighted by Gasteiger charge is -2.39. The number of halogens is 1. The number of amides is 1. The van der Waals surface area contributed by atoms with E-state index in [9.17, 15) is 9.18 Å². The molecule has 0 bridgehead atoms. The molecule has 1 aromatic carbocycles. The van der Waals surface area contributed by atoms with Crippen LogP contribution in [0, 0.1) is 11.2 Å². The molecule has 148 valence electrons. The predicted octanol–water partition coefficient (Wildman–Crippen LogP) is 2.75. The topological polar surface area (TPSA) is 58.6 Å². The summed E-state index contributed by atoms with van der Waals surface area (Å²) in [7, 11) is 1.66. The molecule has 1 aromatic heterocycles. The Morgan fingerprint density at radius 1 is 1.11 bits per heavy atom. The third-order valence-corrected chi connectivity index (χ3v) is 5.86. The number of methoxy groups -OCH3 is 1. The lowest BCUT2D eigenvalue weighted by atomic mass is 9.78. The summed E-state index contributed by atoms with van der Waals surface area (Å²) < 4.78 is 18.2. The maximum Gasteiger partial charge on any atom is 0.230 e. The van der Waals surface area contributed by atoms with Gasteiger partial charge in [0.05, 0.1) is 17.7 Å². The van der Waals surface area contributed by atoms with Crippen LogP contribution in [-0.4, -0.2) is 60.9 Å². The van der Waals surface area contributed by atoms with Gasteiger partial charge in [0.1, 0.15) is 5.82 Å². The standard InChI is InChI=1S/C21H25FN4O2/c1-28-14-13-25-11-2-9-21(20(25)27)10-12-26(15-21)19-8-7-18(23-24-19)16-3-5-17(22)6-4-16/h3-8H,2,9-15H2,1H3/t21-/m1/s1. The first-order chi connectivity index (χ1) is 13.6. The number of ether oxygens (including phenoxy) is 1. The van der Waals surface area contributed by atoms with Crippen LogP contribution in [0.15, 0.2) is 36.4 Å². The van der Waals surface area contributed by atoms with Crippen LogP contribution < -0.4 is 4.90 Å². The van der Waals surface area contributed by atoms with Gasteiger partial charge in [-0.15, -0.1) is 10.2 Å². The van der Waals surface area contributed by atoms with Crippen LogP contribution in [0.3, 0.4) is 0 Å². The Balaban J connectivity index is 1.46. The number of nitrogens with zero attached hydrogens (tertiary/aromatic N) is 4. The molecule has 1 amide bonds. The van der Waals surface area contributed by atoms with E-state index in [4.69, 9.17) is 4.74 Å². The first-order valence-electron chi connectivity index (χ1n) is 9.74. The number of hydrogen-bond acceptors (Lipinski definition) is 5. The Bertz CT molecular complexity index is 827. The highest BCUT2D eigenvalue weighted by molar-refractivity contribution is 5.85. The summed E-state index contributed by atoms with van der Waals surface area (Å²) in [6, 6.07) is 10.0. The number of rotatable bonds is 5. The van der Waals surface area contributed by atoms with E-state index < -0.39 is 0 Å². The number of carbonyl (C=O) groups is 1. The van der Waals surface area contributed by atoms with E-state index in [1.54, 1.807) is 19.2 Å². The predicted molar refractivity (Wildman–Crippen MR) is 104 cm³/mol. The number of aromatic nitrogens is 2. The molecule has 0 radical (unpaired) electrons. The first kappa shape index (κ1) is 18.8. The van der Waals surface area contributed by atoms with E-state index in [1.165, 1.54) is 12.1 Å². The number of benzene rings is 1. The highest BCUT2D eigenvalue weighted by atomic mass is 19.1. The third-order valence-electron chi connectivity index (χ3n) is 5.86. The lowest BCUT2D eigenvalue weighted by molar-refractivity contribution is -0.145. The SMILES string of the molecule is COCCN1CCC[C@]2(CCN(c3ccc(-c4ccc(F)cc4)nn3)C2)C1=O. The van der Waals surface area contributed by atoms with Crippen molar-refractivity contribution in [1.82, 2.24) is 15.1 Å². The minimum absolute atomic E-state index is 0.245. The maximum absolute atomic E-state index is 13.1. The second-order valence-electron chi connectivity index (χ2n) is 7.62. The Labute approximate surface area is 164 Å². The lowest BCUT2D eigenvalue weighted by Crippen LogP contribution is -2.51. The van der Waals surface area contributed by atoms with Crippen LogP contribution in [0.25, 0.3) is 11.3 Å². The van der Waals surface area contributed by atoms with Gasteiger partial charge in [0.25, 0.3) is 0 Å². The van der Waals surface area contributed by atoms with Crippen molar-refractivity contribution in [3.05, 3.63) is 42.2 Å². The van der Waals surface area contributed by atoms with Gasteiger partial charge in [-0.2, -0.15) is 0 Å². The first-order valence-corrected chi connectivity index (χ1v) is 9.74. The summed E-state index contributed by atoms with van der Waals surface area (Å²) >= 11 is 0. The summed E-state index contributed by atoms with van der Waals surface area (Å²) in [5.74, 6) is 0.756. The smallest absolute Gasteiger partial charge is 0.230 e. The van der Waals surface area contributed by atoms with Crippen LogP contribution in [0.5, 0.6) is 0 Å². The molecular formula is C21H25FN4O2. The number of anilines is 1. The molecule has 2 aromatic rings. The van der Waals surface area contributed by atoms with Gasteiger partial charge in [0, 0.05) is 38.9 Å². The van der Waals surface area contributed by atoms with Crippen molar-refractivity contribution in [1.29, 1.82) is 0 Å². The summed E-state index contributed by atoms with van der Waals surface area (Å²) in [4.78, 5) is 17.2. The van der Waals surface area contributed by atoms with Crippen LogP contribution >= 0.6 is 0 Å². The van der Waals surface area contributed by atoms with Gasteiger partial charge in [-0.25, -0.2) is 4.39 Å². The Hall–Kier alpha value is -2.54. The van der Waals surface area contributed by atoms with Gasteiger partial charge in [0.15, 0.2) is 5.82 Å². The van der Waals surface area contributed by atoms with Crippen molar-refractivity contribution in [2.45, 2.75) is 19.3 Å². The van der Waals surface area contributed by atoms with Crippen LogP contribution in [0.1, 0.15) is 19.3 Å². The van der Waals surface area contributed by atoms with Gasteiger partial charge in [-0.1, -0.05) is 0 Å². The molecule has 2 aliphatic rings. The Morgan fingerprint density at radius 2 is 1.93 bits per heavy atom. The molecular weight excluding hydrogens is 359 g/mol. The zero-order valence-electron chi connectivity index (χ0n) is 16.1. The van der Waals surface area contributed by atoms with Gasteiger partial charge < -0.3 is 14.5 Å². The molecule has 2 saturated heterocycles. The van der Waals surface area contributed by atoms with E-state index in [-0.39, 0.29) is 17.1 Å². The maximum atomic E-state index is 13.1. The highest BCUT2D eigenvalue weighted by Crippen LogP contribution is 2.41. The summed E-state index contributed by atoms with van der Waals surface area (Å²) in [6.07, 6.45) is 2.79. The number of carbonyl (C=O) groups excluding carboxylic acids is 1. The number of likely N-dealkylation sites (tertiary alicyclic amines) is 1. The van der Waals surface area contributed by atoms with Gasteiger partial charge in [-0.3, -0.25) is 4.79 Å². The molecule has 2 aliphatic heterocycles. The van der Waals surface area contributed by atoms with Crippen molar-refractivity contribution in [2.75, 3.05) is 44.8 Å². The monoisotopic (exact) mass is 384 g/mol. The van der Waals surface area contributed by atoms with Crippen molar-refractivity contribution in [3.8, 4) is 11.3 Å². The van der Waals surface area contributed by atoms with E-state index in [1.807, 2.05) is 17.0 Å². The largest absolute Gasteiger partial charge is 0.383 e. The normalized spacial score (nSPS) is 22.3. The summed E-state index contributed by atoms with van der Waals surface area (Å²) in [5, 5.41) is 8.67. The van der Waals surface area contributed by atoms with Gasteiger partial charge >= 0.3 is 0 Å². The second-order valence-corrected chi connectivity index (χ2v) is 7.62. The van der Waals surface area contributed by atoms with Crippen LogP contribution in [-0.2, 0) is 9.53 Å². The molecule has 1 atom stereocenters. The zero-order valence-corrected chi connectivity index (χ0v) is 16.1. The highest BCUT2D eigenvalue weighted by Gasteiger charge is 2.48. The minimum Gasteiger partial charge on any atom is -0.383 e. The van der Waals surface area contributed by atoms with Gasteiger partial charge in [0.2, 0.25) is 5.91 Å². The van der Waals surface area contributed by atoms with Gasteiger partial charge in [-0.05, 0) is 55.7 Å². The van der Waals surface area contributed by atoms with E-state index >= 15 is 0 Å². The summed E-state index contributed by atoms with van der Waals surface area (Å²) in [5.41, 5.74) is 1.22. The molecule has 0 N–H and O–H groups in total. The fraction of sp³-hybridized carbons (Fsp3) is 0.476. The Morgan fingerprint density at radius 3 is 2.64 bits per heavy atom. The van der Waals surface area contributed by atoms with Crippen LogP contribution in [0.4, 0.5) is 10.2 Å². The van der Waals surface area contributed by atoms with Crippen molar-refractivity contribution < 1.29 is 13.9 Å². The minimum atomic E-state index is -0.316. The average Bonchev–Trinajstić information content (AvgIpc) is 3.15. The van der Waals surface area contributed by atoms with Crippen molar-refractivity contribution in [3.63, 3.8) is 0 Å². The quantitative estimate of drug-likeness (QED) is 0.793. The van der Waals surface area contributed by atoms with Crippen molar-refractivity contribution >= 4 is 11.7 Å². The number of hydrogen-bond donors (Lipinski definition) is 0. The zero-order chi connectivity index (χ0) is 19.6. The molecule has 6 nitrogen and oxygen atoms in total. The molecule has 0 saturated carbocycles. The van der Waals surface area contributed by atoms with E-state index in [0.29, 0.717) is 25.4 Å². The van der Waals surface area contributed by atoms with Crippen LogP contribution in [0.2, 0.25) is 0 Å². The molecule has 0 aliphatic carbocycles. The van der Waals surface area contributed by atoms with E-state index in [2.05, 4.69) is 15.1 Å². The molecule has 7 heteroatoms. The molecule has 28 heavy (non-hydrogen) atoms. The average molecular weight is 384 g/mol. The fourth-order valence-electron chi connectivity index (χ4n) is 4.28. The molecule has 0 unspecified atom stereocenters. The Kier molecular flexibility index (Phi) is 5.26. The molecule has 1 spiro atoms.